The first-order chi connectivity index (χ1) is 8.19. The first kappa shape index (κ1) is 12.3. The summed E-state index contributed by atoms with van der Waals surface area (Å²) >= 11 is 0. The molecular weight excluding hydrogens is 212 g/mol. The summed E-state index contributed by atoms with van der Waals surface area (Å²) in [6.45, 7) is 2.12. The predicted molar refractivity (Wildman–Crippen MR) is 68.0 cm³/mol. The van der Waals surface area contributed by atoms with E-state index in [0.29, 0.717) is 6.42 Å². The Labute approximate surface area is 103 Å². The Morgan fingerprint density at radius 2 is 2.06 bits per heavy atom. The Bertz CT molecular complexity index is 382. The first-order valence-corrected chi connectivity index (χ1v) is 6.47. The van der Waals surface area contributed by atoms with Gasteiger partial charge in [0.15, 0.2) is 6.29 Å². The number of aliphatic hydroxyl groups is 1. The van der Waals surface area contributed by atoms with E-state index >= 15 is 0 Å². The number of carbonyl (C=O) groups excluding carboxylic acids is 1. The largest absolute Gasteiger partial charge is 0.382 e. The van der Waals surface area contributed by atoms with Crippen molar-refractivity contribution in [1.29, 1.82) is 0 Å². The molecule has 17 heavy (non-hydrogen) atoms. The molecule has 1 N–H and O–H groups in total. The van der Waals surface area contributed by atoms with Crippen molar-refractivity contribution in [2.75, 3.05) is 0 Å². The summed E-state index contributed by atoms with van der Waals surface area (Å²) in [5, 5.41) is 10.4. The standard InChI is InChI=1S/C15H20O2/c1-2-12-6-8-13(9-7-12)14-5-3-4-10-15(14,17)11-16/h6-9,11,14,17H,2-5,10H2,1H3. The number of hydrogen-bond acceptors (Lipinski definition) is 2. The zero-order valence-electron chi connectivity index (χ0n) is 10.4. The average Bonchev–Trinajstić information content (AvgIpc) is 2.39. The van der Waals surface area contributed by atoms with E-state index in [-0.39, 0.29) is 5.92 Å². The van der Waals surface area contributed by atoms with Crippen molar-refractivity contribution in [1.82, 2.24) is 0 Å². The van der Waals surface area contributed by atoms with Gasteiger partial charge in [0.1, 0.15) is 5.60 Å². The molecule has 0 aromatic heterocycles. The molecule has 1 aromatic rings. The van der Waals surface area contributed by atoms with Crippen LogP contribution in [0.4, 0.5) is 0 Å². The third-order valence-corrected chi connectivity index (χ3v) is 3.92. The molecule has 2 unspecified atom stereocenters. The smallest absolute Gasteiger partial charge is 0.152 e. The second-order valence-electron chi connectivity index (χ2n) is 5.00. The fraction of sp³-hybridized carbons (Fsp3) is 0.533. The van der Waals surface area contributed by atoms with Gasteiger partial charge >= 0.3 is 0 Å². The number of aldehydes is 1. The average molecular weight is 232 g/mol. The number of carbonyl (C=O) groups is 1. The van der Waals surface area contributed by atoms with Crippen LogP contribution < -0.4 is 0 Å². The van der Waals surface area contributed by atoms with E-state index < -0.39 is 5.60 Å². The van der Waals surface area contributed by atoms with Gasteiger partial charge in [0, 0.05) is 5.92 Å². The van der Waals surface area contributed by atoms with Crippen LogP contribution in [0.15, 0.2) is 24.3 Å². The van der Waals surface area contributed by atoms with Crippen molar-refractivity contribution in [3.63, 3.8) is 0 Å². The molecule has 1 aliphatic rings. The lowest BCUT2D eigenvalue weighted by molar-refractivity contribution is -0.129. The lowest BCUT2D eigenvalue weighted by Gasteiger charge is -2.36. The highest BCUT2D eigenvalue weighted by molar-refractivity contribution is 5.65. The van der Waals surface area contributed by atoms with Crippen LogP contribution in [-0.2, 0) is 11.2 Å². The van der Waals surface area contributed by atoms with Gasteiger partial charge in [-0.1, -0.05) is 44.0 Å². The quantitative estimate of drug-likeness (QED) is 0.814. The Morgan fingerprint density at radius 3 is 2.65 bits per heavy atom. The summed E-state index contributed by atoms with van der Waals surface area (Å²) in [5.41, 5.74) is 1.24. The minimum absolute atomic E-state index is 0.0281. The van der Waals surface area contributed by atoms with Crippen LogP contribution in [0.1, 0.15) is 49.7 Å². The van der Waals surface area contributed by atoms with Crippen molar-refractivity contribution in [3.8, 4) is 0 Å². The lowest BCUT2D eigenvalue weighted by Crippen LogP contribution is -2.40. The summed E-state index contributed by atoms with van der Waals surface area (Å²) in [4.78, 5) is 11.1. The van der Waals surface area contributed by atoms with Gasteiger partial charge in [-0.15, -0.1) is 0 Å². The maximum absolute atomic E-state index is 11.1. The topological polar surface area (TPSA) is 37.3 Å². The fourth-order valence-electron chi connectivity index (χ4n) is 2.76. The number of hydrogen-bond donors (Lipinski definition) is 1. The molecule has 0 bridgehead atoms. The SMILES string of the molecule is CCc1ccc(C2CCCCC2(O)C=O)cc1. The second-order valence-corrected chi connectivity index (χ2v) is 5.00. The molecule has 0 saturated heterocycles. The third kappa shape index (κ3) is 2.42. The Balaban J connectivity index is 2.26. The molecule has 0 radical (unpaired) electrons. The Kier molecular flexibility index (Phi) is 3.63. The van der Waals surface area contributed by atoms with Gasteiger partial charge in [0.05, 0.1) is 0 Å². The van der Waals surface area contributed by atoms with Gasteiger partial charge in [-0.25, -0.2) is 0 Å². The van der Waals surface area contributed by atoms with Crippen molar-refractivity contribution in [2.24, 2.45) is 0 Å². The minimum Gasteiger partial charge on any atom is -0.382 e. The fourth-order valence-corrected chi connectivity index (χ4v) is 2.76. The molecule has 2 nitrogen and oxygen atoms in total. The summed E-state index contributed by atoms with van der Waals surface area (Å²) < 4.78 is 0. The van der Waals surface area contributed by atoms with Crippen molar-refractivity contribution < 1.29 is 9.90 Å². The molecule has 2 atom stereocenters. The second kappa shape index (κ2) is 5.01. The molecule has 0 spiro atoms. The highest BCUT2D eigenvalue weighted by Crippen LogP contribution is 2.39. The summed E-state index contributed by atoms with van der Waals surface area (Å²) in [6, 6.07) is 8.30. The van der Waals surface area contributed by atoms with Crippen molar-refractivity contribution in [3.05, 3.63) is 35.4 Å². The lowest BCUT2D eigenvalue weighted by atomic mass is 9.73. The summed E-state index contributed by atoms with van der Waals surface area (Å²) in [6.07, 6.45) is 5.29. The molecule has 1 fully saturated rings. The van der Waals surface area contributed by atoms with E-state index in [1.807, 2.05) is 0 Å². The van der Waals surface area contributed by atoms with E-state index in [0.717, 1.165) is 37.5 Å². The van der Waals surface area contributed by atoms with Gasteiger partial charge < -0.3 is 9.90 Å². The zero-order chi connectivity index (χ0) is 12.3. The van der Waals surface area contributed by atoms with Gasteiger partial charge in [0.25, 0.3) is 0 Å². The van der Waals surface area contributed by atoms with E-state index in [1.165, 1.54) is 5.56 Å². The molecule has 1 aromatic carbocycles. The highest BCUT2D eigenvalue weighted by Gasteiger charge is 2.39. The van der Waals surface area contributed by atoms with Gasteiger partial charge in [-0.3, -0.25) is 0 Å². The Hall–Kier alpha value is -1.15. The molecule has 0 amide bonds. The molecule has 2 rings (SSSR count). The summed E-state index contributed by atoms with van der Waals surface area (Å²) in [5.74, 6) is -0.0281. The van der Waals surface area contributed by atoms with Crippen LogP contribution >= 0.6 is 0 Å². The minimum atomic E-state index is -1.15. The van der Waals surface area contributed by atoms with Crippen LogP contribution in [-0.4, -0.2) is 17.0 Å². The normalized spacial score (nSPS) is 28.9. The third-order valence-electron chi connectivity index (χ3n) is 3.92. The van der Waals surface area contributed by atoms with Crippen LogP contribution in [0.3, 0.4) is 0 Å². The maximum Gasteiger partial charge on any atom is 0.152 e. The van der Waals surface area contributed by atoms with Crippen LogP contribution in [0.25, 0.3) is 0 Å². The van der Waals surface area contributed by atoms with Crippen molar-refractivity contribution in [2.45, 2.75) is 50.5 Å². The van der Waals surface area contributed by atoms with Crippen LogP contribution in [0.5, 0.6) is 0 Å². The molecular formula is C15H20O2. The van der Waals surface area contributed by atoms with Gasteiger partial charge in [-0.05, 0) is 30.4 Å². The van der Waals surface area contributed by atoms with E-state index in [1.54, 1.807) is 0 Å². The molecule has 0 heterocycles. The van der Waals surface area contributed by atoms with Crippen LogP contribution in [0.2, 0.25) is 0 Å². The number of rotatable bonds is 3. The zero-order valence-corrected chi connectivity index (χ0v) is 10.4. The monoisotopic (exact) mass is 232 g/mol. The Morgan fingerprint density at radius 1 is 1.35 bits per heavy atom. The van der Waals surface area contributed by atoms with Crippen molar-refractivity contribution >= 4 is 6.29 Å². The number of aryl methyl sites for hydroxylation is 1. The highest BCUT2D eigenvalue weighted by atomic mass is 16.3. The predicted octanol–water partition coefficient (Wildman–Crippen LogP) is 2.84. The summed E-state index contributed by atoms with van der Waals surface area (Å²) in [7, 11) is 0. The number of benzene rings is 1. The maximum atomic E-state index is 11.1. The van der Waals surface area contributed by atoms with Gasteiger partial charge in [-0.2, -0.15) is 0 Å². The molecule has 1 aliphatic carbocycles. The molecule has 0 aliphatic heterocycles. The van der Waals surface area contributed by atoms with Gasteiger partial charge in [0.2, 0.25) is 0 Å². The van der Waals surface area contributed by atoms with E-state index in [4.69, 9.17) is 0 Å². The molecule has 2 heteroatoms. The van der Waals surface area contributed by atoms with E-state index in [9.17, 15) is 9.90 Å². The molecule has 92 valence electrons. The molecule has 1 saturated carbocycles. The van der Waals surface area contributed by atoms with E-state index in [2.05, 4.69) is 31.2 Å². The first-order valence-electron chi connectivity index (χ1n) is 6.47. The van der Waals surface area contributed by atoms with Crippen LogP contribution in [0, 0.1) is 0 Å².